The molecule has 0 saturated carbocycles. The fourth-order valence-electron chi connectivity index (χ4n) is 1.52. The van der Waals surface area contributed by atoms with E-state index in [1.807, 2.05) is 27.0 Å². The van der Waals surface area contributed by atoms with E-state index in [4.69, 9.17) is 4.52 Å². The lowest BCUT2D eigenvalue weighted by atomic mass is 9.97. The summed E-state index contributed by atoms with van der Waals surface area (Å²) in [4.78, 5) is 4.37. The van der Waals surface area contributed by atoms with Crippen molar-refractivity contribution in [2.45, 2.75) is 46.2 Å². The van der Waals surface area contributed by atoms with Crippen molar-refractivity contribution in [3.05, 3.63) is 23.6 Å². The van der Waals surface area contributed by atoms with Gasteiger partial charge in [0.25, 0.3) is 0 Å². The first-order valence-corrected chi connectivity index (χ1v) is 6.42. The largest absolute Gasteiger partial charge is 0.339 e. The van der Waals surface area contributed by atoms with Crippen LogP contribution in [0, 0.1) is 0 Å². The van der Waals surface area contributed by atoms with Crippen molar-refractivity contribution in [1.82, 2.24) is 30.5 Å². The number of nitrogens with zero attached hydrogens (tertiary/aromatic N) is 5. The van der Waals surface area contributed by atoms with Crippen molar-refractivity contribution in [3.8, 4) is 0 Å². The molecule has 0 aliphatic carbocycles. The summed E-state index contributed by atoms with van der Waals surface area (Å²) in [5.41, 5.74) is 0.769. The summed E-state index contributed by atoms with van der Waals surface area (Å²) in [5.74, 6) is 1.25. The Kier molecular flexibility index (Phi) is 3.94. The standard InChI is InChI=1S/C12H20N6O/c1-5-13-6-9-7-18(17-15-9)8-10-14-11(19-16-10)12(2,3)4/h7,13H,5-6,8H2,1-4H3. The lowest BCUT2D eigenvalue weighted by molar-refractivity contribution is 0.317. The molecule has 1 N–H and O–H groups in total. The number of hydrogen-bond donors (Lipinski definition) is 1. The normalized spacial score (nSPS) is 12.0. The van der Waals surface area contributed by atoms with E-state index in [-0.39, 0.29) is 5.41 Å². The third-order valence-corrected chi connectivity index (χ3v) is 2.56. The Morgan fingerprint density at radius 2 is 2.16 bits per heavy atom. The van der Waals surface area contributed by atoms with E-state index >= 15 is 0 Å². The van der Waals surface area contributed by atoms with Crippen molar-refractivity contribution in [2.75, 3.05) is 6.54 Å². The second kappa shape index (κ2) is 5.48. The zero-order valence-corrected chi connectivity index (χ0v) is 11.8. The second-order valence-corrected chi connectivity index (χ2v) is 5.45. The summed E-state index contributed by atoms with van der Waals surface area (Å²) in [6.45, 7) is 10.3. The van der Waals surface area contributed by atoms with Crippen molar-refractivity contribution in [1.29, 1.82) is 0 Å². The van der Waals surface area contributed by atoms with Gasteiger partial charge in [0.2, 0.25) is 5.89 Å². The van der Waals surface area contributed by atoms with Crippen molar-refractivity contribution < 1.29 is 4.52 Å². The summed E-state index contributed by atoms with van der Waals surface area (Å²) < 4.78 is 6.95. The lowest BCUT2D eigenvalue weighted by Crippen LogP contribution is -2.12. The Bertz CT molecular complexity index is 524. The number of aromatic nitrogens is 5. The van der Waals surface area contributed by atoms with Gasteiger partial charge in [-0.2, -0.15) is 4.98 Å². The highest BCUT2D eigenvalue weighted by atomic mass is 16.5. The molecule has 0 fully saturated rings. The SMILES string of the molecule is CCNCc1cn(Cc2noc(C(C)(C)C)n2)nn1. The lowest BCUT2D eigenvalue weighted by Gasteiger charge is -2.10. The van der Waals surface area contributed by atoms with Crippen LogP contribution in [0.4, 0.5) is 0 Å². The summed E-state index contributed by atoms with van der Waals surface area (Å²) in [6.07, 6.45) is 1.88. The molecule has 0 radical (unpaired) electrons. The maximum atomic E-state index is 5.24. The maximum Gasteiger partial charge on any atom is 0.232 e. The molecule has 2 aromatic heterocycles. The van der Waals surface area contributed by atoms with Crippen LogP contribution in [-0.2, 0) is 18.5 Å². The quantitative estimate of drug-likeness (QED) is 0.871. The Morgan fingerprint density at radius 1 is 1.37 bits per heavy atom. The zero-order chi connectivity index (χ0) is 13.9. The molecule has 0 spiro atoms. The van der Waals surface area contributed by atoms with Crippen LogP contribution in [0.1, 0.15) is 45.1 Å². The van der Waals surface area contributed by atoms with Gasteiger partial charge in [-0.25, -0.2) is 4.68 Å². The number of rotatable bonds is 5. The predicted molar refractivity (Wildman–Crippen MR) is 69.5 cm³/mol. The molecule has 19 heavy (non-hydrogen) atoms. The van der Waals surface area contributed by atoms with Crippen LogP contribution in [0.25, 0.3) is 0 Å². The maximum absolute atomic E-state index is 5.24. The van der Waals surface area contributed by atoms with Gasteiger partial charge >= 0.3 is 0 Å². The fraction of sp³-hybridized carbons (Fsp3) is 0.667. The van der Waals surface area contributed by atoms with Gasteiger partial charge in [0.05, 0.1) is 11.9 Å². The minimum atomic E-state index is -0.135. The molecule has 0 amide bonds. The Balaban J connectivity index is 2.01. The van der Waals surface area contributed by atoms with E-state index in [0.29, 0.717) is 18.3 Å². The Labute approximate surface area is 112 Å². The molecule has 2 heterocycles. The average Bonchev–Trinajstić information content (AvgIpc) is 2.95. The van der Waals surface area contributed by atoms with Crippen LogP contribution in [-0.4, -0.2) is 31.7 Å². The van der Waals surface area contributed by atoms with Crippen LogP contribution in [0.15, 0.2) is 10.7 Å². The first-order chi connectivity index (χ1) is 8.99. The molecule has 0 saturated heterocycles. The van der Waals surface area contributed by atoms with Gasteiger partial charge in [0.15, 0.2) is 5.82 Å². The highest BCUT2D eigenvalue weighted by Gasteiger charge is 2.21. The highest BCUT2D eigenvalue weighted by Crippen LogP contribution is 2.19. The van der Waals surface area contributed by atoms with E-state index in [1.165, 1.54) is 0 Å². The minimum absolute atomic E-state index is 0.135. The third-order valence-electron chi connectivity index (χ3n) is 2.56. The number of hydrogen-bond acceptors (Lipinski definition) is 6. The summed E-state index contributed by atoms with van der Waals surface area (Å²) in [6, 6.07) is 0. The van der Waals surface area contributed by atoms with Crippen LogP contribution in [0.3, 0.4) is 0 Å². The molecular formula is C12H20N6O. The molecule has 0 aromatic carbocycles. The molecule has 104 valence electrons. The van der Waals surface area contributed by atoms with Gasteiger partial charge in [-0.1, -0.05) is 38.1 Å². The second-order valence-electron chi connectivity index (χ2n) is 5.45. The molecule has 2 rings (SSSR count). The number of nitrogens with one attached hydrogen (secondary N) is 1. The summed E-state index contributed by atoms with van der Waals surface area (Å²) >= 11 is 0. The molecule has 7 nitrogen and oxygen atoms in total. The van der Waals surface area contributed by atoms with Gasteiger partial charge < -0.3 is 9.84 Å². The monoisotopic (exact) mass is 264 g/mol. The summed E-state index contributed by atoms with van der Waals surface area (Å²) in [7, 11) is 0. The van der Waals surface area contributed by atoms with E-state index in [1.54, 1.807) is 4.68 Å². The molecule has 7 heteroatoms. The summed E-state index contributed by atoms with van der Waals surface area (Å²) in [5, 5.41) is 15.3. The van der Waals surface area contributed by atoms with E-state index in [9.17, 15) is 0 Å². The van der Waals surface area contributed by atoms with Gasteiger partial charge in [-0.3, -0.25) is 0 Å². The van der Waals surface area contributed by atoms with E-state index < -0.39 is 0 Å². The molecule has 0 unspecified atom stereocenters. The average molecular weight is 264 g/mol. The van der Waals surface area contributed by atoms with Crippen LogP contribution >= 0.6 is 0 Å². The van der Waals surface area contributed by atoms with E-state index in [0.717, 1.165) is 18.8 Å². The van der Waals surface area contributed by atoms with Crippen LogP contribution in [0.5, 0.6) is 0 Å². The Morgan fingerprint density at radius 3 is 2.79 bits per heavy atom. The van der Waals surface area contributed by atoms with Gasteiger partial charge in [-0.15, -0.1) is 5.10 Å². The van der Waals surface area contributed by atoms with Gasteiger partial charge in [-0.05, 0) is 6.54 Å². The smallest absolute Gasteiger partial charge is 0.232 e. The van der Waals surface area contributed by atoms with Gasteiger partial charge in [0, 0.05) is 12.0 Å². The van der Waals surface area contributed by atoms with Crippen LogP contribution < -0.4 is 5.32 Å². The molecule has 0 aliphatic heterocycles. The van der Waals surface area contributed by atoms with Crippen molar-refractivity contribution in [3.63, 3.8) is 0 Å². The minimum Gasteiger partial charge on any atom is -0.339 e. The first kappa shape index (κ1) is 13.7. The molecular weight excluding hydrogens is 244 g/mol. The molecule has 0 atom stereocenters. The molecule has 0 bridgehead atoms. The first-order valence-electron chi connectivity index (χ1n) is 6.42. The van der Waals surface area contributed by atoms with E-state index in [2.05, 4.69) is 32.7 Å². The highest BCUT2D eigenvalue weighted by molar-refractivity contribution is 4.99. The third kappa shape index (κ3) is 3.60. The molecule has 0 aliphatic rings. The van der Waals surface area contributed by atoms with Crippen LogP contribution in [0.2, 0.25) is 0 Å². The van der Waals surface area contributed by atoms with Gasteiger partial charge in [0.1, 0.15) is 6.54 Å². The molecule has 2 aromatic rings. The Hall–Kier alpha value is -1.76. The predicted octanol–water partition coefficient (Wildman–Crippen LogP) is 1.12. The topological polar surface area (TPSA) is 81.7 Å². The van der Waals surface area contributed by atoms with Crippen molar-refractivity contribution in [2.24, 2.45) is 0 Å². The van der Waals surface area contributed by atoms with Crippen molar-refractivity contribution >= 4 is 0 Å². The fourth-order valence-corrected chi connectivity index (χ4v) is 1.52. The zero-order valence-electron chi connectivity index (χ0n) is 11.8.